The summed E-state index contributed by atoms with van der Waals surface area (Å²) >= 11 is 1.84. The molecule has 6 heteroatoms. The standard InChI is InChI=1S/C15H21N3O2S/c1-10(7-12-6-5-11(2)21-12)16-8-13-14(19-3)17-9-18-15(13)20-4/h5-6,9-10,16H,7-8H2,1-4H3. The highest BCUT2D eigenvalue weighted by Crippen LogP contribution is 2.23. The van der Waals surface area contributed by atoms with Crippen LogP contribution in [-0.2, 0) is 13.0 Å². The normalized spacial score (nSPS) is 12.2. The zero-order valence-corrected chi connectivity index (χ0v) is 13.7. The van der Waals surface area contributed by atoms with Gasteiger partial charge >= 0.3 is 0 Å². The fourth-order valence-electron chi connectivity index (χ4n) is 2.13. The van der Waals surface area contributed by atoms with Gasteiger partial charge in [0.2, 0.25) is 11.8 Å². The van der Waals surface area contributed by atoms with Crippen LogP contribution in [0.3, 0.4) is 0 Å². The number of ether oxygens (including phenoxy) is 2. The third-order valence-corrected chi connectivity index (χ3v) is 4.21. The second kappa shape index (κ2) is 7.38. The minimum Gasteiger partial charge on any atom is -0.481 e. The highest BCUT2D eigenvalue weighted by Gasteiger charge is 2.14. The molecule has 21 heavy (non-hydrogen) atoms. The predicted molar refractivity (Wildman–Crippen MR) is 84.2 cm³/mol. The summed E-state index contributed by atoms with van der Waals surface area (Å²) in [5, 5.41) is 3.47. The Hall–Kier alpha value is -1.66. The van der Waals surface area contributed by atoms with Crippen molar-refractivity contribution in [3.8, 4) is 11.8 Å². The van der Waals surface area contributed by atoms with Crippen LogP contribution in [0.1, 0.15) is 22.2 Å². The van der Waals surface area contributed by atoms with Crippen LogP contribution in [0.4, 0.5) is 0 Å². The average molecular weight is 307 g/mol. The first-order valence-corrected chi connectivity index (χ1v) is 7.66. The third-order valence-electron chi connectivity index (χ3n) is 3.18. The lowest BCUT2D eigenvalue weighted by molar-refractivity contribution is 0.357. The maximum atomic E-state index is 5.27. The first-order valence-electron chi connectivity index (χ1n) is 6.84. The van der Waals surface area contributed by atoms with Crippen molar-refractivity contribution in [3.05, 3.63) is 33.8 Å². The lowest BCUT2D eigenvalue weighted by atomic mass is 10.2. The predicted octanol–water partition coefficient (Wildman–Crippen LogP) is 2.58. The molecule has 2 aromatic rings. The van der Waals surface area contributed by atoms with E-state index < -0.39 is 0 Å². The summed E-state index contributed by atoms with van der Waals surface area (Å²) in [4.78, 5) is 11.0. The number of methoxy groups -OCH3 is 2. The Morgan fingerprint density at radius 1 is 1.19 bits per heavy atom. The van der Waals surface area contributed by atoms with E-state index in [0.29, 0.717) is 24.3 Å². The molecule has 0 radical (unpaired) electrons. The van der Waals surface area contributed by atoms with Gasteiger partial charge in [-0.25, -0.2) is 9.97 Å². The molecule has 1 unspecified atom stereocenters. The number of aryl methyl sites for hydroxylation is 1. The van der Waals surface area contributed by atoms with Gasteiger partial charge in [0.1, 0.15) is 6.33 Å². The van der Waals surface area contributed by atoms with E-state index in [1.807, 2.05) is 11.3 Å². The van der Waals surface area contributed by atoms with Gasteiger partial charge in [0.05, 0.1) is 19.8 Å². The van der Waals surface area contributed by atoms with E-state index in [-0.39, 0.29) is 0 Å². The number of hydrogen-bond donors (Lipinski definition) is 1. The lowest BCUT2D eigenvalue weighted by Gasteiger charge is -2.15. The Kier molecular flexibility index (Phi) is 5.52. The van der Waals surface area contributed by atoms with E-state index in [9.17, 15) is 0 Å². The van der Waals surface area contributed by atoms with Gasteiger partial charge in [0.15, 0.2) is 0 Å². The van der Waals surface area contributed by atoms with Crippen LogP contribution >= 0.6 is 11.3 Å². The minimum atomic E-state index is 0.345. The van der Waals surface area contributed by atoms with Crippen LogP contribution in [0, 0.1) is 6.92 Å². The van der Waals surface area contributed by atoms with Crippen molar-refractivity contribution in [1.82, 2.24) is 15.3 Å². The smallest absolute Gasteiger partial charge is 0.224 e. The molecule has 0 aliphatic heterocycles. The van der Waals surface area contributed by atoms with Crippen LogP contribution in [0.25, 0.3) is 0 Å². The number of aromatic nitrogens is 2. The topological polar surface area (TPSA) is 56.3 Å². The molecule has 0 aromatic carbocycles. The van der Waals surface area contributed by atoms with Crippen molar-refractivity contribution >= 4 is 11.3 Å². The monoisotopic (exact) mass is 307 g/mol. The number of rotatable bonds is 7. The van der Waals surface area contributed by atoms with Crippen molar-refractivity contribution in [2.24, 2.45) is 0 Å². The van der Waals surface area contributed by atoms with Crippen molar-refractivity contribution in [1.29, 1.82) is 0 Å². The van der Waals surface area contributed by atoms with E-state index in [1.54, 1.807) is 14.2 Å². The van der Waals surface area contributed by atoms with Gasteiger partial charge in [0.25, 0.3) is 0 Å². The Morgan fingerprint density at radius 3 is 2.38 bits per heavy atom. The van der Waals surface area contributed by atoms with E-state index in [4.69, 9.17) is 9.47 Å². The summed E-state index contributed by atoms with van der Waals surface area (Å²) in [5.74, 6) is 1.10. The molecule has 0 fully saturated rings. The molecule has 0 aliphatic carbocycles. The molecule has 2 heterocycles. The maximum absolute atomic E-state index is 5.27. The number of thiophene rings is 1. The molecule has 114 valence electrons. The second-order valence-corrected chi connectivity index (χ2v) is 6.24. The SMILES string of the molecule is COc1ncnc(OC)c1CNC(C)Cc1ccc(C)s1. The molecule has 0 saturated heterocycles. The fraction of sp³-hybridized carbons (Fsp3) is 0.467. The van der Waals surface area contributed by atoms with Gasteiger partial charge in [-0.2, -0.15) is 0 Å². The molecule has 0 bridgehead atoms. The average Bonchev–Trinajstić information content (AvgIpc) is 2.89. The molecule has 5 nitrogen and oxygen atoms in total. The van der Waals surface area contributed by atoms with Crippen molar-refractivity contribution in [3.63, 3.8) is 0 Å². The maximum Gasteiger partial charge on any atom is 0.224 e. The van der Waals surface area contributed by atoms with Gasteiger partial charge in [-0.15, -0.1) is 11.3 Å². The summed E-state index contributed by atoms with van der Waals surface area (Å²) < 4.78 is 10.5. The van der Waals surface area contributed by atoms with Gasteiger partial charge in [-0.05, 0) is 32.4 Å². The highest BCUT2D eigenvalue weighted by molar-refractivity contribution is 7.11. The van der Waals surface area contributed by atoms with Gasteiger partial charge in [-0.3, -0.25) is 0 Å². The molecule has 1 N–H and O–H groups in total. The molecular formula is C15H21N3O2S. The highest BCUT2D eigenvalue weighted by atomic mass is 32.1. The molecular weight excluding hydrogens is 286 g/mol. The Morgan fingerprint density at radius 2 is 1.86 bits per heavy atom. The van der Waals surface area contributed by atoms with Gasteiger partial charge < -0.3 is 14.8 Å². The first-order chi connectivity index (χ1) is 10.1. The summed E-state index contributed by atoms with van der Waals surface area (Å²) in [6, 6.07) is 4.69. The van der Waals surface area contributed by atoms with Crippen LogP contribution in [0.15, 0.2) is 18.5 Å². The van der Waals surface area contributed by atoms with Crippen LogP contribution in [0.5, 0.6) is 11.8 Å². The lowest BCUT2D eigenvalue weighted by Crippen LogP contribution is -2.27. The van der Waals surface area contributed by atoms with Crippen molar-refractivity contribution in [2.45, 2.75) is 32.9 Å². The van der Waals surface area contributed by atoms with Crippen LogP contribution < -0.4 is 14.8 Å². The Labute approximate surface area is 129 Å². The quantitative estimate of drug-likeness (QED) is 0.852. The summed E-state index contributed by atoms with van der Waals surface area (Å²) in [6.45, 7) is 4.90. The van der Waals surface area contributed by atoms with E-state index in [2.05, 4.69) is 41.3 Å². The second-order valence-electron chi connectivity index (χ2n) is 4.87. The molecule has 2 aromatic heterocycles. The Bertz CT molecular complexity index is 564. The van der Waals surface area contributed by atoms with Crippen molar-refractivity contribution < 1.29 is 9.47 Å². The van der Waals surface area contributed by atoms with Crippen molar-refractivity contribution in [2.75, 3.05) is 14.2 Å². The number of nitrogens with one attached hydrogen (secondary N) is 1. The van der Waals surface area contributed by atoms with E-state index in [0.717, 1.165) is 12.0 Å². The fourth-order valence-corrected chi connectivity index (χ4v) is 3.15. The van der Waals surface area contributed by atoms with Crippen LogP contribution in [0.2, 0.25) is 0 Å². The summed E-state index contributed by atoms with van der Waals surface area (Å²) in [5.41, 5.74) is 0.844. The van der Waals surface area contributed by atoms with Crippen LogP contribution in [-0.4, -0.2) is 30.2 Å². The minimum absolute atomic E-state index is 0.345. The molecule has 0 spiro atoms. The summed E-state index contributed by atoms with van der Waals surface area (Å²) in [7, 11) is 3.20. The largest absolute Gasteiger partial charge is 0.481 e. The van der Waals surface area contributed by atoms with E-state index >= 15 is 0 Å². The van der Waals surface area contributed by atoms with E-state index in [1.165, 1.54) is 16.1 Å². The van der Waals surface area contributed by atoms with Gasteiger partial charge in [-0.1, -0.05) is 0 Å². The molecule has 0 amide bonds. The summed E-state index contributed by atoms with van der Waals surface area (Å²) in [6.07, 6.45) is 2.44. The number of nitrogens with zero attached hydrogens (tertiary/aromatic N) is 2. The molecule has 0 saturated carbocycles. The zero-order valence-electron chi connectivity index (χ0n) is 12.8. The molecule has 2 rings (SSSR count). The Balaban J connectivity index is 1.99. The molecule has 0 aliphatic rings. The molecule has 1 atom stereocenters. The first kappa shape index (κ1) is 15.7. The number of hydrogen-bond acceptors (Lipinski definition) is 6. The third kappa shape index (κ3) is 4.15. The van der Waals surface area contributed by atoms with Gasteiger partial charge in [0, 0.05) is 22.3 Å². The zero-order chi connectivity index (χ0) is 15.2.